The third-order valence-electron chi connectivity index (χ3n) is 1.67. The first-order valence-corrected chi connectivity index (χ1v) is 5.51. The van der Waals surface area contributed by atoms with Gasteiger partial charge < -0.3 is 5.11 Å². The van der Waals surface area contributed by atoms with Gasteiger partial charge in [0.1, 0.15) is 10.8 Å². The molecule has 0 spiro atoms. The second-order valence-electron chi connectivity index (χ2n) is 3.02. The average molecular weight is 240 g/mol. The van der Waals surface area contributed by atoms with Crippen molar-refractivity contribution < 1.29 is 9.90 Å². The molecule has 0 radical (unpaired) electrons. The number of carbonyl (C=O) groups excluding carboxylic acids is 1. The van der Waals surface area contributed by atoms with E-state index in [9.17, 15) is 9.90 Å². The van der Waals surface area contributed by atoms with E-state index < -0.39 is 0 Å². The van der Waals surface area contributed by atoms with Crippen LogP contribution in [0.2, 0.25) is 0 Å². The second kappa shape index (κ2) is 5.45. The fourth-order valence-corrected chi connectivity index (χ4v) is 1.52. The molecule has 0 saturated heterocycles. The summed E-state index contributed by atoms with van der Waals surface area (Å²) in [6.07, 6.45) is 0.779. The quantitative estimate of drug-likeness (QED) is 0.497. The maximum Gasteiger partial charge on any atom is 0.251 e. The summed E-state index contributed by atoms with van der Waals surface area (Å²) >= 11 is 1.30. The first-order valence-electron chi connectivity index (χ1n) is 4.69. The Kier molecular flexibility index (Phi) is 4.24. The summed E-state index contributed by atoms with van der Waals surface area (Å²) in [5.41, 5.74) is -0.0618. The van der Waals surface area contributed by atoms with Crippen molar-refractivity contribution in [2.45, 2.75) is 27.2 Å². The summed E-state index contributed by atoms with van der Waals surface area (Å²) in [7, 11) is 0. The molecule has 1 N–H and O–H groups in total. The van der Waals surface area contributed by atoms with Crippen LogP contribution in [0.4, 0.5) is 5.13 Å². The molecule has 1 rings (SSSR count). The van der Waals surface area contributed by atoms with Gasteiger partial charge in [-0.25, -0.2) is 0 Å². The molecule has 7 heteroatoms. The van der Waals surface area contributed by atoms with Gasteiger partial charge in [0.05, 0.1) is 0 Å². The van der Waals surface area contributed by atoms with Crippen molar-refractivity contribution in [3.05, 3.63) is 16.5 Å². The normalized spacial score (nSPS) is 12.9. The van der Waals surface area contributed by atoms with Crippen LogP contribution < -0.4 is 0 Å². The fourth-order valence-electron chi connectivity index (χ4n) is 0.918. The molecular weight excluding hydrogens is 228 g/mol. The molecule has 0 fully saturated rings. The van der Waals surface area contributed by atoms with Crippen LogP contribution >= 0.6 is 11.3 Å². The number of carbonyl (C=O) groups is 1. The summed E-state index contributed by atoms with van der Waals surface area (Å²) in [4.78, 5) is 11.1. The zero-order valence-electron chi connectivity index (χ0n) is 9.26. The molecule has 0 amide bonds. The smallest absolute Gasteiger partial charge is 0.251 e. The molecule has 1 aromatic rings. The molecule has 0 aliphatic heterocycles. The Bertz CT molecular complexity index is 446. The minimum atomic E-state index is -0.344. The Labute approximate surface area is 96.7 Å². The van der Waals surface area contributed by atoms with Crippen LogP contribution in [0.1, 0.15) is 25.8 Å². The molecular formula is C9H12N4O2S. The molecule has 86 valence electrons. The molecule has 1 aromatic heterocycles. The van der Waals surface area contributed by atoms with E-state index in [2.05, 4.69) is 20.4 Å². The second-order valence-corrected chi connectivity index (χ2v) is 4.06. The summed E-state index contributed by atoms with van der Waals surface area (Å²) in [5.74, 6) is -0.500. The zero-order valence-corrected chi connectivity index (χ0v) is 10.1. The van der Waals surface area contributed by atoms with Gasteiger partial charge in [-0.1, -0.05) is 18.3 Å². The highest BCUT2D eigenvalue weighted by molar-refractivity contribution is 7.14. The van der Waals surface area contributed by atoms with E-state index in [0.29, 0.717) is 5.13 Å². The third kappa shape index (κ3) is 3.20. The van der Waals surface area contributed by atoms with Gasteiger partial charge in [0.2, 0.25) is 0 Å². The van der Waals surface area contributed by atoms with Gasteiger partial charge in [0.15, 0.2) is 11.5 Å². The molecule has 0 saturated carbocycles. The number of aryl methyl sites for hydroxylation is 1. The highest BCUT2D eigenvalue weighted by atomic mass is 32.1. The number of nitrogens with zero attached hydrogens (tertiary/aromatic N) is 4. The van der Waals surface area contributed by atoms with Crippen molar-refractivity contribution in [1.29, 1.82) is 0 Å². The van der Waals surface area contributed by atoms with Crippen LogP contribution in [0.5, 0.6) is 0 Å². The van der Waals surface area contributed by atoms with Crippen molar-refractivity contribution >= 4 is 22.3 Å². The predicted molar refractivity (Wildman–Crippen MR) is 59.8 cm³/mol. The molecule has 0 bridgehead atoms. The molecule has 0 aliphatic carbocycles. The first-order chi connectivity index (χ1) is 7.54. The third-order valence-corrected chi connectivity index (χ3v) is 2.62. The first kappa shape index (κ1) is 12.4. The van der Waals surface area contributed by atoms with E-state index in [0.717, 1.165) is 11.4 Å². The number of Topliss-reactive ketones (excluding diaryl/α,β-unsaturated/α-hetero) is 1. The number of hydrogen-bond donors (Lipinski definition) is 1. The van der Waals surface area contributed by atoms with Gasteiger partial charge in [-0.3, -0.25) is 4.79 Å². The standard InChI is InChI=1S/C9H12N4O2S/c1-4-7-10-12-9(16-7)13-11-8(5(2)14)6(3)15/h14H,4H2,1-3H3/b8-5+,13-11?. The van der Waals surface area contributed by atoms with Crippen LogP contribution in [-0.4, -0.2) is 21.1 Å². The fraction of sp³-hybridized carbons (Fsp3) is 0.444. The Morgan fingerprint density at radius 3 is 2.56 bits per heavy atom. The molecule has 0 aromatic carbocycles. The van der Waals surface area contributed by atoms with Crippen molar-refractivity contribution in [2.75, 3.05) is 0 Å². The van der Waals surface area contributed by atoms with E-state index in [1.165, 1.54) is 25.2 Å². The van der Waals surface area contributed by atoms with E-state index in [1.54, 1.807) is 0 Å². The predicted octanol–water partition coefficient (Wildman–Crippen LogP) is 2.56. The van der Waals surface area contributed by atoms with Crippen molar-refractivity contribution in [3.63, 3.8) is 0 Å². The number of azo groups is 1. The summed E-state index contributed by atoms with van der Waals surface area (Å²) in [6.45, 7) is 4.65. The Morgan fingerprint density at radius 1 is 1.44 bits per heavy atom. The van der Waals surface area contributed by atoms with Gasteiger partial charge in [-0.2, -0.15) is 0 Å². The van der Waals surface area contributed by atoms with Crippen molar-refractivity contribution in [3.8, 4) is 0 Å². The summed E-state index contributed by atoms with van der Waals surface area (Å²) in [6, 6.07) is 0. The van der Waals surface area contributed by atoms with E-state index in [4.69, 9.17) is 0 Å². The van der Waals surface area contributed by atoms with E-state index in [1.807, 2.05) is 6.92 Å². The van der Waals surface area contributed by atoms with Crippen molar-refractivity contribution in [1.82, 2.24) is 10.2 Å². The van der Waals surface area contributed by atoms with Crippen LogP contribution in [0.3, 0.4) is 0 Å². The maximum absolute atomic E-state index is 11.1. The largest absolute Gasteiger partial charge is 0.510 e. The van der Waals surface area contributed by atoms with Gasteiger partial charge in [-0.05, 0) is 13.3 Å². The SMILES string of the molecule is CCc1nnc(N=N/C(C(C)=O)=C(\C)O)s1. The Balaban J connectivity index is 2.87. The van der Waals surface area contributed by atoms with Crippen LogP contribution in [0.25, 0.3) is 0 Å². The topological polar surface area (TPSA) is 87.8 Å². The number of rotatable bonds is 4. The molecule has 16 heavy (non-hydrogen) atoms. The van der Waals surface area contributed by atoms with Gasteiger partial charge in [0.25, 0.3) is 5.13 Å². The lowest BCUT2D eigenvalue weighted by Crippen LogP contribution is -1.96. The van der Waals surface area contributed by atoms with E-state index >= 15 is 0 Å². The minimum absolute atomic E-state index is 0.0618. The lowest BCUT2D eigenvalue weighted by atomic mass is 10.3. The summed E-state index contributed by atoms with van der Waals surface area (Å²) < 4.78 is 0. The molecule has 0 unspecified atom stereocenters. The lowest BCUT2D eigenvalue weighted by Gasteiger charge is -1.94. The van der Waals surface area contributed by atoms with Gasteiger partial charge in [0, 0.05) is 6.92 Å². The molecule has 0 atom stereocenters. The average Bonchev–Trinajstić information content (AvgIpc) is 2.65. The number of aliphatic hydroxyl groups is 1. The molecule has 0 aliphatic rings. The molecule has 1 heterocycles. The number of aromatic nitrogens is 2. The number of ketones is 1. The number of allylic oxidation sites excluding steroid dienone is 2. The van der Waals surface area contributed by atoms with Crippen LogP contribution in [0, 0.1) is 0 Å². The zero-order chi connectivity index (χ0) is 12.1. The number of aliphatic hydroxyl groups excluding tert-OH is 1. The monoisotopic (exact) mass is 240 g/mol. The highest BCUT2D eigenvalue weighted by Crippen LogP contribution is 2.20. The van der Waals surface area contributed by atoms with Crippen molar-refractivity contribution in [2.24, 2.45) is 10.2 Å². The van der Waals surface area contributed by atoms with Crippen LogP contribution in [-0.2, 0) is 11.2 Å². The molecule has 6 nitrogen and oxygen atoms in total. The Hall–Kier alpha value is -1.63. The number of hydrogen-bond acceptors (Lipinski definition) is 7. The van der Waals surface area contributed by atoms with Gasteiger partial charge in [-0.15, -0.1) is 20.4 Å². The van der Waals surface area contributed by atoms with E-state index in [-0.39, 0.29) is 17.2 Å². The minimum Gasteiger partial charge on any atom is -0.510 e. The van der Waals surface area contributed by atoms with Crippen LogP contribution in [0.15, 0.2) is 21.7 Å². The maximum atomic E-state index is 11.1. The lowest BCUT2D eigenvalue weighted by molar-refractivity contribution is -0.113. The Morgan fingerprint density at radius 2 is 2.12 bits per heavy atom. The van der Waals surface area contributed by atoms with Gasteiger partial charge >= 0.3 is 0 Å². The highest BCUT2D eigenvalue weighted by Gasteiger charge is 2.07. The summed E-state index contributed by atoms with van der Waals surface area (Å²) in [5, 5.41) is 25.4.